The third kappa shape index (κ3) is 5.89. The molecule has 2 bridgehead atoms. The van der Waals surface area contributed by atoms with Gasteiger partial charge in [0.1, 0.15) is 17.6 Å². The van der Waals surface area contributed by atoms with Crippen LogP contribution in [0.2, 0.25) is 0 Å². The molecule has 0 radical (unpaired) electrons. The highest BCUT2D eigenvalue weighted by atomic mass is 16.5. The molecule has 0 saturated heterocycles. The molecule has 0 spiro atoms. The van der Waals surface area contributed by atoms with Crippen molar-refractivity contribution in [2.24, 2.45) is 34.5 Å². The Morgan fingerprint density at radius 1 is 1.05 bits per heavy atom. The van der Waals surface area contributed by atoms with E-state index in [4.69, 9.17) is 9.47 Å². The van der Waals surface area contributed by atoms with Gasteiger partial charge in [0, 0.05) is 18.7 Å². The second-order valence-corrected chi connectivity index (χ2v) is 13.9. The lowest BCUT2D eigenvalue weighted by Gasteiger charge is -2.43. The molecule has 5 rings (SSSR count). The van der Waals surface area contributed by atoms with Crippen molar-refractivity contribution in [1.29, 1.82) is 5.26 Å². The minimum absolute atomic E-state index is 0.0358. The molecular formula is C32H43N3O6. The molecule has 4 atom stereocenters. The number of nitrogens with zero attached hydrogens (tertiary/aromatic N) is 1. The van der Waals surface area contributed by atoms with Gasteiger partial charge < -0.3 is 25.2 Å². The first-order valence-electron chi connectivity index (χ1n) is 15.0. The van der Waals surface area contributed by atoms with E-state index in [1.54, 1.807) is 13.0 Å². The minimum Gasteiger partial charge on any atom is -0.496 e. The average Bonchev–Trinajstić information content (AvgIpc) is 3.53. The Bertz CT molecular complexity index is 1240. The molecular weight excluding hydrogens is 522 g/mol. The molecule has 1 aromatic carbocycles. The first-order valence-corrected chi connectivity index (χ1v) is 15.0. The van der Waals surface area contributed by atoms with Crippen LogP contribution in [-0.4, -0.2) is 48.7 Å². The number of aliphatic carboxylic acids is 1. The third-order valence-corrected chi connectivity index (χ3v) is 10.3. The summed E-state index contributed by atoms with van der Waals surface area (Å²) in [6.45, 7) is 6.95. The van der Waals surface area contributed by atoms with Gasteiger partial charge in [0.2, 0.25) is 5.91 Å². The van der Waals surface area contributed by atoms with E-state index in [-0.39, 0.29) is 64.3 Å². The zero-order valence-electron chi connectivity index (χ0n) is 24.6. The molecule has 222 valence electrons. The van der Waals surface area contributed by atoms with Gasteiger partial charge in [-0.05, 0) is 93.9 Å². The molecule has 4 fully saturated rings. The lowest BCUT2D eigenvalue weighted by molar-refractivity contribution is -0.150. The number of nitrogens with one attached hydrogen (secondary N) is 2. The Labute approximate surface area is 242 Å². The quantitative estimate of drug-likeness (QED) is 0.395. The molecule has 4 aliphatic carbocycles. The third-order valence-electron chi connectivity index (χ3n) is 10.3. The normalized spacial score (nSPS) is 31.9. The maximum absolute atomic E-state index is 13.7. The highest BCUT2D eigenvalue weighted by Gasteiger charge is 2.51. The number of hydrogen-bond acceptors (Lipinski definition) is 6. The number of nitriles is 1. The van der Waals surface area contributed by atoms with Crippen molar-refractivity contribution in [2.75, 3.05) is 13.7 Å². The molecule has 1 aromatic rings. The fourth-order valence-electron chi connectivity index (χ4n) is 7.95. The number of amides is 2. The molecule has 0 aromatic heterocycles. The average molecular weight is 566 g/mol. The smallest absolute Gasteiger partial charge is 0.309 e. The number of hydrogen-bond donors (Lipinski definition) is 3. The molecule has 9 heteroatoms. The van der Waals surface area contributed by atoms with Crippen molar-refractivity contribution in [2.45, 2.75) is 90.7 Å². The van der Waals surface area contributed by atoms with Crippen LogP contribution in [0.15, 0.2) is 12.1 Å². The summed E-state index contributed by atoms with van der Waals surface area (Å²) in [6.07, 6.45) is 6.96. The van der Waals surface area contributed by atoms with Gasteiger partial charge in [-0.15, -0.1) is 0 Å². The van der Waals surface area contributed by atoms with Crippen molar-refractivity contribution < 1.29 is 29.0 Å². The van der Waals surface area contributed by atoms with E-state index in [1.165, 1.54) is 13.2 Å². The van der Waals surface area contributed by atoms with Crippen LogP contribution in [0.1, 0.15) is 94.5 Å². The van der Waals surface area contributed by atoms with Gasteiger partial charge in [0.05, 0.1) is 35.7 Å². The second-order valence-electron chi connectivity index (χ2n) is 13.9. The van der Waals surface area contributed by atoms with E-state index < -0.39 is 11.4 Å². The molecule has 3 N–H and O–H groups in total. The van der Waals surface area contributed by atoms with Crippen LogP contribution in [0.5, 0.6) is 11.5 Å². The molecule has 4 aliphatic rings. The van der Waals surface area contributed by atoms with Crippen molar-refractivity contribution in [3.63, 3.8) is 0 Å². The predicted octanol–water partition coefficient (Wildman–Crippen LogP) is 4.68. The van der Waals surface area contributed by atoms with E-state index in [0.717, 1.165) is 32.1 Å². The lowest BCUT2D eigenvalue weighted by Crippen LogP contribution is -2.51. The minimum atomic E-state index is -0.809. The number of ether oxygens (including phenoxy) is 2. The summed E-state index contributed by atoms with van der Waals surface area (Å²) >= 11 is 0. The van der Waals surface area contributed by atoms with Gasteiger partial charge in [-0.3, -0.25) is 14.4 Å². The number of carboxylic acids is 1. The van der Waals surface area contributed by atoms with E-state index in [0.29, 0.717) is 43.6 Å². The van der Waals surface area contributed by atoms with Crippen molar-refractivity contribution in [3.8, 4) is 17.6 Å². The highest BCUT2D eigenvalue weighted by molar-refractivity contribution is 5.98. The summed E-state index contributed by atoms with van der Waals surface area (Å²) in [5.41, 5.74) is 0.0884. The van der Waals surface area contributed by atoms with E-state index >= 15 is 0 Å². The highest BCUT2D eigenvalue weighted by Crippen LogP contribution is 2.49. The maximum atomic E-state index is 13.7. The number of carboxylic acid groups (broad SMARTS) is 1. The standard InChI is InChI=1S/C32H43N3O6/c1-31(2)14-18(15-31)17-34-29(37)26-19-5-6-20(11-19)27(26)35-28(36)23-13-24(21(16-33)12-25(23)40-4)41-22-7-9-32(3,10-8-22)30(38)39/h12-13,18-20,22,26-27H,5-11,14-15,17H2,1-4H3,(H,34,37)(H,35,36)(H,38,39)/t19-,20+,22?,26+,27-,32?/m1/s1. The number of carbonyl (C=O) groups excluding carboxylic acids is 2. The van der Waals surface area contributed by atoms with Crippen LogP contribution >= 0.6 is 0 Å². The van der Waals surface area contributed by atoms with Gasteiger partial charge in [-0.1, -0.05) is 13.8 Å². The molecule has 0 unspecified atom stereocenters. The van der Waals surface area contributed by atoms with E-state index in [9.17, 15) is 24.8 Å². The largest absolute Gasteiger partial charge is 0.496 e. The second kappa shape index (κ2) is 11.2. The fraction of sp³-hybridized carbons (Fsp3) is 0.688. The fourth-order valence-corrected chi connectivity index (χ4v) is 7.95. The molecule has 0 aliphatic heterocycles. The van der Waals surface area contributed by atoms with Gasteiger partial charge in [0.15, 0.2) is 0 Å². The molecule has 4 saturated carbocycles. The topological polar surface area (TPSA) is 138 Å². The Balaban J connectivity index is 1.29. The lowest BCUT2D eigenvalue weighted by atomic mass is 9.64. The summed E-state index contributed by atoms with van der Waals surface area (Å²) in [5, 5.41) is 25.7. The monoisotopic (exact) mass is 565 g/mol. The number of benzene rings is 1. The predicted molar refractivity (Wildman–Crippen MR) is 151 cm³/mol. The van der Waals surface area contributed by atoms with Crippen LogP contribution in [-0.2, 0) is 9.59 Å². The summed E-state index contributed by atoms with van der Waals surface area (Å²) in [5.74, 6) is 0.222. The van der Waals surface area contributed by atoms with Gasteiger partial charge >= 0.3 is 5.97 Å². The van der Waals surface area contributed by atoms with E-state index in [2.05, 4.69) is 30.6 Å². The Morgan fingerprint density at radius 3 is 2.34 bits per heavy atom. The zero-order valence-corrected chi connectivity index (χ0v) is 24.6. The van der Waals surface area contributed by atoms with Crippen LogP contribution in [0.25, 0.3) is 0 Å². The summed E-state index contributed by atoms with van der Waals surface area (Å²) < 4.78 is 11.7. The van der Waals surface area contributed by atoms with Crippen LogP contribution in [0, 0.1) is 45.8 Å². The maximum Gasteiger partial charge on any atom is 0.309 e. The summed E-state index contributed by atoms with van der Waals surface area (Å²) in [4.78, 5) is 38.7. The van der Waals surface area contributed by atoms with Crippen molar-refractivity contribution in [1.82, 2.24) is 10.6 Å². The molecule has 2 amide bonds. The van der Waals surface area contributed by atoms with Crippen molar-refractivity contribution >= 4 is 17.8 Å². The molecule has 41 heavy (non-hydrogen) atoms. The number of methoxy groups -OCH3 is 1. The van der Waals surface area contributed by atoms with Gasteiger partial charge in [-0.25, -0.2) is 0 Å². The van der Waals surface area contributed by atoms with E-state index in [1.807, 2.05) is 0 Å². The number of carbonyl (C=O) groups is 3. The summed E-state index contributed by atoms with van der Waals surface area (Å²) in [6, 6.07) is 4.94. The van der Waals surface area contributed by atoms with Crippen LogP contribution in [0.4, 0.5) is 0 Å². The van der Waals surface area contributed by atoms with Crippen LogP contribution in [0.3, 0.4) is 0 Å². The first kappa shape index (κ1) is 29.2. The zero-order chi connectivity index (χ0) is 29.5. The van der Waals surface area contributed by atoms with Crippen molar-refractivity contribution in [3.05, 3.63) is 23.3 Å². The Hall–Kier alpha value is -3.28. The molecule has 9 nitrogen and oxygen atoms in total. The first-order chi connectivity index (χ1) is 19.4. The van der Waals surface area contributed by atoms with Gasteiger partial charge in [-0.2, -0.15) is 5.26 Å². The SMILES string of the molecule is COc1cc(C#N)c(OC2CCC(C)(C(=O)O)CC2)cc1C(=O)N[C@@H]1[C@H]2CC[C@H](C2)[C@@H]1C(=O)NCC1CC(C)(C)C1. The van der Waals surface area contributed by atoms with Gasteiger partial charge in [0.25, 0.3) is 5.91 Å². The number of rotatable bonds is 9. The van der Waals surface area contributed by atoms with Crippen LogP contribution < -0.4 is 20.1 Å². The Kier molecular flexibility index (Phi) is 7.97. The summed E-state index contributed by atoms with van der Waals surface area (Å²) in [7, 11) is 1.46. The molecule has 0 heterocycles. The number of fused-ring (bicyclic) bond motifs is 2. The Morgan fingerprint density at radius 2 is 1.73 bits per heavy atom.